The number of benzene rings is 2. The van der Waals surface area contributed by atoms with Crippen LogP contribution in [0.1, 0.15) is 48.7 Å². The van der Waals surface area contributed by atoms with E-state index in [0.717, 1.165) is 11.3 Å². The molecule has 2 amide bonds. The van der Waals surface area contributed by atoms with Crippen LogP contribution in [0.25, 0.3) is 0 Å². The molecule has 6 heteroatoms. The fraction of sp³-hybridized carbons (Fsp3) is 0.364. The maximum atomic E-state index is 11.8. The number of ether oxygens (including phenoxy) is 1. The molecular formula is C22H28N2O4. The third-order valence-electron chi connectivity index (χ3n) is 4.25. The lowest BCUT2D eigenvalue weighted by molar-refractivity contribution is 0.0697. The monoisotopic (exact) mass is 384 g/mol. The molecule has 150 valence electrons. The molecule has 2 rings (SSSR count). The number of carboxylic acid groups (broad SMARTS) is 1. The zero-order valence-electron chi connectivity index (χ0n) is 16.6. The van der Waals surface area contributed by atoms with Crippen LogP contribution in [0.5, 0.6) is 5.75 Å². The average Bonchev–Trinajstić information content (AvgIpc) is 2.66. The quantitative estimate of drug-likeness (QED) is 0.602. The van der Waals surface area contributed by atoms with Crippen molar-refractivity contribution in [2.24, 2.45) is 0 Å². The summed E-state index contributed by atoms with van der Waals surface area (Å²) in [5.41, 5.74) is 2.44. The number of amides is 2. The van der Waals surface area contributed by atoms with E-state index < -0.39 is 5.97 Å². The Kier molecular flexibility index (Phi) is 7.44. The number of urea groups is 1. The van der Waals surface area contributed by atoms with E-state index in [0.29, 0.717) is 26.1 Å². The lowest BCUT2D eigenvalue weighted by Gasteiger charge is -2.19. The van der Waals surface area contributed by atoms with Crippen molar-refractivity contribution in [2.75, 3.05) is 13.2 Å². The number of hydrogen-bond acceptors (Lipinski definition) is 3. The molecule has 0 aliphatic carbocycles. The second-order valence-electron chi connectivity index (χ2n) is 7.59. The van der Waals surface area contributed by atoms with E-state index in [2.05, 4.69) is 43.5 Å². The predicted molar refractivity (Wildman–Crippen MR) is 109 cm³/mol. The summed E-state index contributed by atoms with van der Waals surface area (Å²) in [6, 6.07) is 14.2. The zero-order valence-corrected chi connectivity index (χ0v) is 16.6. The molecule has 6 nitrogen and oxygen atoms in total. The van der Waals surface area contributed by atoms with Gasteiger partial charge < -0.3 is 20.5 Å². The van der Waals surface area contributed by atoms with Crippen molar-refractivity contribution in [1.82, 2.24) is 10.6 Å². The summed E-state index contributed by atoms with van der Waals surface area (Å²) in [4.78, 5) is 22.6. The number of carboxylic acids is 1. The Bertz CT molecular complexity index is 778. The molecule has 0 bridgehead atoms. The molecule has 0 aliphatic rings. The Hall–Kier alpha value is -3.02. The molecule has 0 heterocycles. The molecule has 0 saturated carbocycles. The Morgan fingerprint density at radius 3 is 2.18 bits per heavy atom. The van der Waals surface area contributed by atoms with Crippen molar-refractivity contribution in [2.45, 2.75) is 39.2 Å². The molecule has 0 saturated heterocycles. The maximum absolute atomic E-state index is 11.8. The largest absolute Gasteiger partial charge is 0.494 e. The Balaban J connectivity index is 1.61. The first kappa shape index (κ1) is 21.3. The van der Waals surface area contributed by atoms with Crippen molar-refractivity contribution in [3.63, 3.8) is 0 Å². The second-order valence-corrected chi connectivity index (χ2v) is 7.59. The molecule has 0 aromatic heterocycles. The van der Waals surface area contributed by atoms with Crippen LogP contribution in [-0.2, 0) is 12.0 Å². The molecule has 0 fully saturated rings. The summed E-state index contributed by atoms with van der Waals surface area (Å²) in [6.45, 7) is 7.87. The van der Waals surface area contributed by atoms with Gasteiger partial charge in [-0.3, -0.25) is 0 Å². The molecule has 0 radical (unpaired) electrons. The maximum Gasteiger partial charge on any atom is 0.335 e. The van der Waals surface area contributed by atoms with Gasteiger partial charge >= 0.3 is 12.0 Å². The van der Waals surface area contributed by atoms with Crippen LogP contribution in [0.4, 0.5) is 4.79 Å². The van der Waals surface area contributed by atoms with E-state index in [1.165, 1.54) is 17.7 Å². The zero-order chi connectivity index (χ0) is 20.6. The van der Waals surface area contributed by atoms with Crippen LogP contribution >= 0.6 is 0 Å². The van der Waals surface area contributed by atoms with E-state index in [1.807, 2.05) is 12.1 Å². The van der Waals surface area contributed by atoms with Crippen molar-refractivity contribution in [3.8, 4) is 5.75 Å². The highest BCUT2D eigenvalue weighted by atomic mass is 16.5. The number of rotatable bonds is 8. The van der Waals surface area contributed by atoms with Gasteiger partial charge in [0.2, 0.25) is 0 Å². The molecule has 0 atom stereocenters. The van der Waals surface area contributed by atoms with Gasteiger partial charge in [-0.2, -0.15) is 0 Å². The van der Waals surface area contributed by atoms with Crippen LogP contribution in [0, 0.1) is 0 Å². The fourth-order valence-electron chi connectivity index (χ4n) is 2.53. The van der Waals surface area contributed by atoms with E-state index in [-0.39, 0.29) is 17.0 Å². The average molecular weight is 384 g/mol. The number of aromatic carboxylic acids is 1. The van der Waals surface area contributed by atoms with E-state index in [1.54, 1.807) is 12.1 Å². The second kappa shape index (κ2) is 9.78. The number of nitrogens with one attached hydrogen (secondary N) is 2. The van der Waals surface area contributed by atoms with Crippen molar-refractivity contribution in [3.05, 3.63) is 65.2 Å². The summed E-state index contributed by atoms with van der Waals surface area (Å²) in [5.74, 6) is -0.146. The first-order valence-electron chi connectivity index (χ1n) is 9.33. The van der Waals surface area contributed by atoms with Gasteiger partial charge in [0.1, 0.15) is 5.75 Å². The molecular weight excluding hydrogens is 356 g/mol. The molecule has 3 N–H and O–H groups in total. The summed E-state index contributed by atoms with van der Waals surface area (Å²) in [5, 5.41) is 14.4. The Morgan fingerprint density at radius 1 is 0.964 bits per heavy atom. The minimum Gasteiger partial charge on any atom is -0.494 e. The summed E-state index contributed by atoms with van der Waals surface area (Å²) < 4.78 is 5.70. The Labute approximate surface area is 165 Å². The lowest BCUT2D eigenvalue weighted by Crippen LogP contribution is -2.36. The molecule has 0 unspecified atom stereocenters. The van der Waals surface area contributed by atoms with Gasteiger partial charge in [0.15, 0.2) is 0 Å². The Morgan fingerprint density at radius 2 is 1.61 bits per heavy atom. The van der Waals surface area contributed by atoms with Gasteiger partial charge in [0.05, 0.1) is 12.2 Å². The topological polar surface area (TPSA) is 87.7 Å². The molecule has 0 aliphatic heterocycles. The highest BCUT2D eigenvalue weighted by Gasteiger charge is 2.12. The van der Waals surface area contributed by atoms with Gasteiger partial charge in [0, 0.05) is 13.1 Å². The highest BCUT2D eigenvalue weighted by molar-refractivity contribution is 5.87. The van der Waals surface area contributed by atoms with Crippen molar-refractivity contribution in [1.29, 1.82) is 0 Å². The number of hydrogen-bond donors (Lipinski definition) is 3. The van der Waals surface area contributed by atoms with Crippen molar-refractivity contribution < 1.29 is 19.4 Å². The third-order valence-corrected chi connectivity index (χ3v) is 4.25. The minimum absolute atomic E-state index is 0.119. The van der Waals surface area contributed by atoms with Crippen LogP contribution in [-0.4, -0.2) is 30.3 Å². The van der Waals surface area contributed by atoms with E-state index in [4.69, 9.17) is 9.84 Å². The summed E-state index contributed by atoms with van der Waals surface area (Å²) >= 11 is 0. The standard InChI is InChI=1S/C22H28N2O4/c1-22(2,3)18-9-11-19(12-10-18)28-14-4-13-23-21(27)24-15-16-5-7-17(8-6-16)20(25)26/h5-12H,4,13-15H2,1-3H3,(H,25,26)(H2,23,24,27). The van der Waals surface area contributed by atoms with E-state index in [9.17, 15) is 9.59 Å². The summed E-state index contributed by atoms with van der Waals surface area (Å²) in [6.07, 6.45) is 0.696. The molecule has 28 heavy (non-hydrogen) atoms. The van der Waals surface area contributed by atoms with Crippen molar-refractivity contribution >= 4 is 12.0 Å². The van der Waals surface area contributed by atoms with Gasteiger partial charge in [-0.25, -0.2) is 9.59 Å². The van der Waals surface area contributed by atoms with Gasteiger partial charge in [-0.05, 0) is 47.2 Å². The van der Waals surface area contributed by atoms with Crippen LogP contribution in [0.3, 0.4) is 0 Å². The number of carbonyl (C=O) groups is 2. The smallest absolute Gasteiger partial charge is 0.335 e. The first-order valence-corrected chi connectivity index (χ1v) is 9.33. The van der Waals surface area contributed by atoms with E-state index >= 15 is 0 Å². The SMILES string of the molecule is CC(C)(C)c1ccc(OCCCNC(=O)NCc2ccc(C(=O)O)cc2)cc1. The van der Waals surface area contributed by atoms with Crippen LogP contribution in [0.15, 0.2) is 48.5 Å². The van der Waals surface area contributed by atoms with Gasteiger partial charge in [-0.1, -0.05) is 45.0 Å². The summed E-state index contributed by atoms with van der Waals surface area (Å²) in [7, 11) is 0. The lowest BCUT2D eigenvalue weighted by atomic mass is 9.87. The van der Waals surface area contributed by atoms with Crippen LogP contribution in [0.2, 0.25) is 0 Å². The molecule has 0 spiro atoms. The van der Waals surface area contributed by atoms with Gasteiger partial charge in [-0.15, -0.1) is 0 Å². The fourth-order valence-corrected chi connectivity index (χ4v) is 2.53. The van der Waals surface area contributed by atoms with Gasteiger partial charge in [0.25, 0.3) is 0 Å². The number of carbonyl (C=O) groups excluding carboxylic acids is 1. The molecule has 2 aromatic carbocycles. The normalized spacial score (nSPS) is 11.0. The first-order chi connectivity index (χ1) is 13.3. The molecule has 2 aromatic rings. The van der Waals surface area contributed by atoms with Crippen LogP contribution < -0.4 is 15.4 Å². The third kappa shape index (κ3) is 6.95. The predicted octanol–water partition coefficient (Wildman–Crippen LogP) is 3.95. The highest BCUT2D eigenvalue weighted by Crippen LogP contribution is 2.24. The minimum atomic E-state index is -0.968.